The van der Waals surface area contributed by atoms with Crippen LogP contribution in [0.25, 0.3) is 0 Å². The van der Waals surface area contributed by atoms with E-state index in [4.69, 9.17) is 10.00 Å². The lowest BCUT2D eigenvalue weighted by molar-refractivity contribution is 0.210. The molecular formula is C20H23N5O2. The van der Waals surface area contributed by atoms with Gasteiger partial charge < -0.3 is 20.7 Å². The summed E-state index contributed by atoms with van der Waals surface area (Å²) in [5.41, 5.74) is 1.18. The summed E-state index contributed by atoms with van der Waals surface area (Å²) in [5, 5.41) is 17.6. The van der Waals surface area contributed by atoms with Gasteiger partial charge in [-0.25, -0.2) is 9.78 Å². The quantitative estimate of drug-likeness (QED) is 0.652. The van der Waals surface area contributed by atoms with Gasteiger partial charge >= 0.3 is 6.03 Å². The van der Waals surface area contributed by atoms with E-state index in [1.165, 1.54) is 12.8 Å². The van der Waals surface area contributed by atoms with Crippen LogP contribution in [-0.2, 0) is 0 Å². The van der Waals surface area contributed by atoms with E-state index in [-0.39, 0.29) is 6.03 Å². The SMILES string of the molecule is N#Cc1cccnc1NCCNC(=O)Nc1ccc(OC2CCCC2)cc1. The van der Waals surface area contributed by atoms with E-state index in [0.717, 1.165) is 18.6 Å². The highest BCUT2D eigenvalue weighted by atomic mass is 16.5. The van der Waals surface area contributed by atoms with Crippen molar-refractivity contribution < 1.29 is 9.53 Å². The first-order chi connectivity index (χ1) is 13.2. The van der Waals surface area contributed by atoms with E-state index >= 15 is 0 Å². The summed E-state index contributed by atoms with van der Waals surface area (Å²) in [6, 6.07) is 12.6. The van der Waals surface area contributed by atoms with Gasteiger partial charge in [0.2, 0.25) is 0 Å². The van der Waals surface area contributed by atoms with Crippen molar-refractivity contribution in [3.63, 3.8) is 0 Å². The summed E-state index contributed by atoms with van der Waals surface area (Å²) in [6.45, 7) is 0.865. The van der Waals surface area contributed by atoms with Crippen LogP contribution in [0.5, 0.6) is 5.75 Å². The second kappa shape index (κ2) is 9.43. The van der Waals surface area contributed by atoms with Crippen LogP contribution in [0, 0.1) is 11.3 Å². The van der Waals surface area contributed by atoms with Gasteiger partial charge in [-0.05, 0) is 62.1 Å². The zero-order valence-corrected chi connectivity index (χ0v) is 15.1. The minimum atomic E-state index is -0.289. The molecule has 1 aliphatic rings. The van der Waals surface area contributed by atoms with Crippen LogP contribution < -0.4 is 20.7 Å². The van der Waals surface area contributed by atoms with Gasteiger partial charge in [-0.1, -0.05) is 0 Å². The third-order valence-corrected chi connectivity index (χ3v) is 4.35. The zero-order chi connectivity index (χ0) is 18.9. The number of ether oxygens (including phenoxy) is 1. The van der Waals surface area contributed by atoms with Crippen molar-refractivity contribution >= 4 is 17.5 Å². The van der Waals surface area contributed by atoms with Gasteiger partial charge in [0, 0.05) is 25.0 Å². The maximum atomic E-state index is 12.0. The van der Waals surface area contributed by atoms with Crippen molar-refractivity contribution in [3.8, 4) is 11.8 Å². The summed E-state index contributed by atoms with van der Waals surface area (Å²) in [4.78, 5) is 16.1. The molecular weight excluding hydrogens is 342 g/mol. The molecule has 3 rings (SSSR count). The highest BCUT2D eigenvalue weighted by molar-refractivity contribution is 5.89. The van der Waals surface area contributed by atoms with E-state index in [0.29, 0.717) is 36.3 Å². The van der Waals surface area contributed by atoms with Crippen LogP contribution in [0.4, 0.5) is 16.3 Å². The Kier molecular flexibility index (Phi) is 6.47. The third kappa shape index (κ3) is 5.61. The van der Waals surface area contributed by atoms with Crippen LogP contribution >= 0.6 is 0 Å². The maximum Gasteiger partial charge on any atom is 0.319 e. The van der Waals surface area contributed by atoms with E-state index < -0.39 is 0 Å². The first kappa shape index (κ1) is 18.5. The molecule has 0 unspecified atom stereocenters. The Morgan fingerprint density at radius 3 is 2.70 bits per heavy atom. The molecule has 2 amide bonds. The summed E-state index contributed by atoms with van der Waals surface area (Å²) in [7, 11) is 0. The van der Waals surface area contributed by atoms with Gasteiger partial charge in [-0.2, -0.15) is 5.26 Å². The Balaban J connectivity index is 1.38. The largest absolute Gasteiger partial charge is 0.490 e. The van der Waals surface area contributed by atoms with E-state index in [1.807, 2.05) is 24.3 Å². The molecule has 0 atom stereocenters. The number of hydrogen-bond acceptors (Lipinski definition) is 5. The third-order valence-electron chi connectivity index (χ3n) is 4.35. The molecule has 0 spiro atoms. The first-order valence-corrected chi connectivity index (χ1v) is 9.15. The Hall–Kier alpha value is -3.27. The fourth-order valence-corrected chi connectivity index (χ4v) is 2.98. The maximum absolute atomic E-state index is 12.0. The number of anilines is 2. The number of carbonyl (C=O) groups excluding carboxylic acids is 1. The minimum absolute atomic E-state index is 0.289. The smallest absolute Gasteiger partial charge is 0.319 e. The lowest BCUT2D eigenvalue weighted by Crippen LogP contribution is -2.32. The van der Waals surface area contributed by atoms with Crippen molar-refractivity contribution in [1.29, 1.82) is 5.26 Å². The molecule has 0 saturated heterocycles. The van der Waals surface area contributed by atoms with Crippen LogP contribution in [0.3, 0.4) is 0 Å². The van der Waals surface area contributed by atoms with Gasteiger partial charge in [0.15, 0.2) is 0 Å². The number of hydrogen-bond donors (Lipinski definition) is 3. The molecule has 1 aliphatic carbocycles. The highest BCUT2D eigenvalue weighted by Crippen LogP contribution is 2.24. The van der Waals surface area contributed by atoms with Crippen LogP contribution in [0.2, 0.25) is 0 Å². The van der Waals surface area contributed by atoms with Crippen molar-refractivity contribution in [2.75, 3.05) is 23.7 Å². The molecule has 1 saturated carbocycles. The Morgan fingerprint density at radius 2 is 1.96 bits per heavy atom. The Bertz CT molecular complexity index is 795. The van der Waals surface area contributed by atoms with Crippen LogP contribution in [-0.4, -0.2) is 30.2 Å². The molecule has 2 aromatic rings. The fourth-order valence-electron chi connectivity index (χ4n) is 2.98. The van der Waals surface area contributed by atoms with Crippen molar-refractivity contribution in [1.82, 2.24) is 10.3 Å². The Labute approximate surface area is 158 Å². The van der Waals surface area contributed by atoms with Gasteiger partial charge in [0.05, 0.1) is 11.7 Å². The lowest BCUT2D eigenvalue weighted by Gasteiger charge is -2.13. The highest BCUT2D eigenvalue weighted by Gasteiger charge is 2.16. The summed E-state index contributed by atoms with van der Waals surface area (Å²) in [5.74, 6) is 1.35. The van der Waals surface area contributed by atoms with Gasteiger partial charge in [0.25, 0.3) is 0 Å². The van der Waals surface area contributed by atoms with Gasteiger partial charge in [-0.3, -0.25) is 0 Å². The normalized spacial score (nSPS) is 13.6. The van der Waals surface area contributed by atoms with Crippen LogP contribution in [0.1, 0.15) is 31.2 Å². The van der Waals surface area contributed by atoms with E-state index in [9.17, 15) is 4.79 Å². The molecule has 0 bridgehead atoms. The number of benzene rings is 1. The number of urea groups is 1. The Morgan fingerprint density at radius 1 is 1.19 bits per heavy atom. The first-order valence-electron chi connectivity index (χ1n) is 9.15. The summed E-state index contributed by atoms with van der Waals surface area (Å²) >= 11 is 0. The number of nitrogens with zero attached hydrogens (tertiary/aromatic N) is 2. The number of rotatable bonds is 7. The number of nitriles is 1. The van der Waals surface area contributed by atoms with Crippen LogP contribution in [0.15, 0.2) is 42.6 Å². The fraction of sp³-hybridized carbons (Fsp3) is 0.350. The zero-order valence-electron chi connectivity index (χ0n) is 15.1. The average molecular weight is 365 g/mol. The van der Waals surface area contributed by atoms with Gasteiger partial charge in [-0.15, -0.1) is 0 Å². The monoisotopic (exact) mass is 365 g/mol. The molecule has 7 heteroatoms. The molecule has 3 N–H and O–H groups in total. The summed E-state index contributed by atoms with van der Waals surface area (Å²) < 4.78 is 5.91. The second-order valence-corrected chi connectivity index (χ2v) is 6.37. The number of nitrogens with one attached hydrogen (secondary N) is 3. The predicted octanol–water partition coefficient (Wildman–Crippen LogP) is 3.51. The van der Waals surface area contributed by atoms with E-state index in [2.05, 4.69) is 27.0 Å². The molecule has 1 fully saturated rings. The number of amides is 2. The topological polar surface area (TPSA) is 99.1 Å². The minimum Gasteiger partial charge on any atom is -0.490 e. The molecule has 140 valence electrons. The number of pyridine rings is 1. The lowest BCUT2D eigenvalue weighted by atomic mass is 10.3. The number of aromatic nitrogens is 1. The standard InChI is InChI=1S/C20H23N5O2/c21-14-15-4-3-11-22-19(15)23-12-13-24-20(26)25-16-7-9-18(10-8-16)27-17-5-1-2-6-17/h3-4,7-11,17H,1-2,5-6,12-13H2,(H,22,23)(H2,24,25,26). The van der Waals surface area contributed by atoms with Crippen molar-refractivity contribution in [2.45, 2.75) is 31.8 Å². The van der Waals surface area contributed by atoms with Crippen molar-refractivity contribution in [3.05, 3.63) is 48.2 Å². The molecule has 1 aromatic carbocycles. The number of carbonyl (C=O) groups is 1. The average Bonchev–Trinajstić information content (AvgIpc) is 3.20. The van der Waals surface area contributed by atoms with E-state index in [1.54, 1.807) is 18.3 Å². The van der Waals surface area contributed by atoms with Gasteiger partial charge in [0.1, 0.15) is 17.6 Å². The summed E-state index contributed by atoms with van der Waals surface area (Å²) in [6.07, 6.45) is 6.63. The predicted molar refractivity (Wildman–Crippen MR) is 104 cm³/mol. The molecule has 0 radical (unpaired) electrons. The molecule has 0 aliphatic heterocycles. The molecule has 27 heavy (non-hydrogen) atoms. The molecule has 7 nitrogen and oxygen atoms in total. The molecule has 1 heterocycles. The molecule has 1 aromatic heterocycles. The van der Waals surface area contributed by atoms with Crippen molar-refractivity contribution in [2.24, 2.45) is 0 Å². The second-order valence-electron chi connectivity index (χ2n) is 6.37.